The Morgan fingerprint density at radius 3 is 2.76 bits per heavy atom. The van der Waals surface area contributed by atoms with Crippen LogP contribution in [0.25, 0.3) is 11.1 Å². The van der Waals surface area contributed by atoms with Gasteiger partial charge in [0, 0.05) is 35.3 Å². The van der Waals surface area contributed by atoms with Crippen molar-refractivity contribution in [1.29, 1.82) is 0 Å². The fourth-order valence-electron chi connectivity index (χ4n) is 2.23. The molecule has 3 nitrogen and oxygen atoms in total. The normalized spacial score (nSPS) is 14.2. The maximum absolute atomic E-state index is 11.6. The largest absolute Gasteiger partial charge is 0.493 e. The Morgan fingerprint density at radius 2 is 2.10 bits per heavy atom. The van der Waals surface area contributed by atoms with Gasteiger partial charge in [0.1, 0.15) is 5.75 Å². The van der Waals surface area contributed by atoms with Crippen molar-refractivity contribution in [3.8, 4) is 16.9 Å². The van der Waals surface area contributed by atoms with E-state index in [2.05, 4.69) is 18.4 Å². The van der Waals surface area contributed by atoms with Gasteiger partial charge in [0.25, 0.3) is 0 Å². The van der Waals surface area contributed by atoms with Crippen LogP contribution in [0.15, 0.2) is 46.2 Å². The molecule has 2 aromatic rings. The lowest BCUT2D eigenvalue weighted by Gasteiger charge is -2.13. The van der Waals surface area contributed by atoms with E-state index in [1.54, 1.807) is 29.4 Å². The molecule has 0 saturated heterocycles. The molecule has 1 aliphatic rings. The Kier molecular flexibility index (Phi) is 4.06. The number of benzene rings is 1. The summed E-state index contributed by atoms with van der Waals surface area (Å²) in [5.74, 6) is 1.62. The van der Waals surface area contributed by atoms with E-state index in [0.29, 0.717) is 0 Å². The summed E-state index contributed by atoms with van der Waals surface area (Å²) in [6, 6.07) is 9.72. The maximum atomic E-state index is 11.6. The maximum Gasteiger partial charge on any atom is 0.250 e. The van der Waals surface area contributed by atoms with Crippen molar-refractivity contribution in [3.63, 3.8) is 0 Å². The van der Waals surface area contributed by atoms with Crippen LogP contribution in [-0.2, 0) is 7.05 Å². The van der Waals surface area contributed by atoms with E-state index in [4.69, 9.17) is 4.74 Å². The first-order valence-electron chi connectivity index (χ1n) is 7.15. The number of hydrogen-bond acceptors (Lipinski definition) is 3. The van der Waals surface area contributed by atoms with Crippen LogP contribution >= 0.6 is 11.8 Å². The minimum atomic E-state index is 0.000204. The first kappa shape index (κ1) is 14.3. The molecule has 1 aliphatic carbocycles. The first-order valence-corrected chi connectivity index (χ1v) is 8.38. The molecule has 0 amide bonds. The Labute approximate surface area is 129 Å². The van der Waals surface area contributed by atoms with E-state index in [0.717, 1.165) is 29.4 Å². The molecule has 1 aromatic carbocycles. The second kappa shape index (κ2) is 5.98. The molecule has 4 heteroatoms. The van der Waals surface area contributed by atoms with Gasteiger partial charge in [0.05, 0.1) is 6.61 Å². The van der Waals surface area contributed by atoms with Crippen molar-refractivity contribution in [2.45, 2.75) is 17.7 Å². The second-order valence-electron chi connectivity index (χ2n) is 5.48. The van der Waals surface area contributed by atoms with E-state index in [-0.39, 0.29) is 5.56 Å². The molecular formula is C17H19NO2S. The molecule has 3 rings (SSSR count). The summed E-state index contributed by atoms with van der Waals surface area (Å²) in [7, 11) is 1.77. The van der Waals surface area contributed by atoms with Crippen LogP contribution in [-0.4, -0.2) is 17.4 Å². The summed E-state index contributed by atoms with van der Waals surface area (Å²) in [6.07, 6.45) is 6.48. The van der Waals surface area contributed by atoms with Crippen molar-refractivity contribution in [2.24, 2.45) is 13.0 Å². The molecule has 1 heterocycles. The fraction of sp³-hybridized carbons (Fsp3) is 0.353. The number of hydrogen-bond donors (Lipinski definition) is 0. The lowest BCUT2D eigenvalue weighted by molar-refractivity contribution is 0.301. The monoisotopic (exact) mass is 301 g/mol. The zero-order chi connectivity index (χ0) is 14.8. The molecule has 0 unspecified atom stereocenters. The molecule has 0 bridgehead atoms. The van der Waals surface area contributed by atoms with Gasteiger partial charge in [-0.1, -0.05) is 0 Å². The Balaban J connectivity index is 1.99. The molecule has 1 fully saturated rings. The average Bonchev–Trinajstić information content (AvgIpc) is 3.32. The zero-order valence-corrected chi connectivity index (χ0v) is 13.2. The Bertz CT molecular complexity index is 704. The van der Waals surface area contributed by atoms with Crippen molar-refractivity contribution < 1.29 is 4.74 Å². The van der Waals surface area contributed by atoms with Gasteiger partial charge in [0.2, 0.25) is 5.56 Å². The smallest absolute Gasteiger partial charge is 0.250 e. The van der Waals surface area contributed by atoms with Crippen molar-refractivity contribution >= 4 is 11.8 Å². The van der Waals surface area contributed by atoms with Crippen LogP contribution < -0.4 is 10.3 Å². The molecule has 0 atom stereocenters. The van der Waals surface area contributed by atoms with Crippen LogP contribution in [0.3, 0.4) is 0 Å². The molecule has 0 radical (unpaired) electrons. The molecule has 0 spiro atoms. The third-order valence-electron chi connectivity index (χ3n) is 3.76. The summed E-state index contributed by atoms with van der Waals surface area (Å²) < 4.78 is 7.59. The Morgan fingerprint density at radius 1 is 1.29 bits per heavy atom. The summed E-state index contributed by atoms with van der Waals surface area (Å²) >= 11 is 1.71. The molecular weight excluding hydrogens is 282 g/mol. The fourth-order valence-corrected chi connectivity index (χ4v) is 2.67. The minimum absolute atomic E-state index is 0.000204. The second-order valence-corrected chi connectivity index (χ2v) is 6.36. The zero-order valence-electron chi connectivity index (χ0n) is 12.3. The van der Waals surface area contributed by atoms with Crippen LogP contribution in [0.5, 0.6) is 5.75 Å². The quantitative estimate of drug-likeness (QED) is 0.791. The minimum Gasteiger partial charge on any atom is -0.493 e. The Hall–Kier alpha value is -1.68. The average molecular weight is 301 g/mol. The van der Waals surface area contributed by atoms with Crippen LogP contribution in [0.4, 0.5) is 0 Å². The van der Waals surface area contributed by atoms with Gasteiger partial charge in [-0.05, 0) is 49.3 Å². The van der Waals surface area contributed by atoms with E-state index < -0.39 is 0 Å². The van der Waals surface area contributed by atoms with Gasteiger partial charge in [-0.25, -0.2) is 0 Å². The molecule has 1 aromatic heterocycles. The third-order valence-corrected chi connectivity index (χ3v) is 4.48. The van der Waals surface area contributed by atoms with Gasteiger partial charge in [0.15, 0.2) is 0 Å². The standard InChI is InChI=1S/C17H19NO2S/c1-18-10-13(5-8-17(18)19)15-9-14(21-2)6-7-16(15)20-11-12-3-4-12/h5-10,12H,3-4,11H2,1-2H3. The number of ether oxygens (including phenoxy) is 1. The highest BCUT2D eigenvalue weighted by Gasteiger charge is 2.22. The van der Waals surface area contributed by atoms with E-state index in [1.807, 2.05) is 18.3 Å². The van der Waals surface area contributed by atoms with E-state index in [9.17, 15) is 4.79 Å². The van der Waals surface area contributed by atoms with Crippen molar-refractivity contribution in [1.82, 2.24) is 4.57 Å². The number of rotatable bonds is 5. The van der Waals surface area contributed by atoms with Gasteiger partial charge in [-0.2, -0.15) is 0 Å². The van der Waals surface area contributed by atoms with Gasteiger partial charge >= 0.3 is 0 Å². The number of pyridine rings is 1. The topological polar surface area (TPSA) is 31.2 Å². The van der Waals surface area contributed by atoms with Crippen LogP contribution in [0, 0.1) is 5.92 Å². The lowest BCUT2D eigenvalue weighted by Crippen LogP contribution is -2.14. The lowest BCUT2D eigenvalue weighted by atomic mass is 10.1. The summed E-state index contributed by atoms with van der Waals surface area (Å²) in [4.78, 5) is 12.8. The predicted molar refractivity (Wildman–Crippen MR) is 87.1 cm³/mol. The number of nitrogens with zero attached hydrogens (tertiary/aromatic N) is 1. The first-order chi connectivity index (χ1) is 10.2. The molecule has 110 valence electrons. The van der Waals surface area contributed by atoms with Crippen LogP contribution in [0.1, 0.15) is 12.8 Å². The van der Waals surface area contributed by atoms with Gasteiger partial charge in [-0.15, -0.1) is 11.8 Å². The van der Waals surface area contributed by atoms with Crippen molar-refractivity contribution in [2.75, 3.05) is 12.9 Å². The van der Waals surface area contributed by atoms with Gasteiger partial charge in [-0.3, -0.25) is 4.79 Å². The third kappa shape index (κ3) is 3.32. The SMILES string of the molecule is CSc1ccc(OCC2CC2)c(-c2ccc(=O)n(C)c2)c1. The van der Waals surface area contributed by atoms with E-state index in [1.165, 1.54) is 17.7 Å². The number of aryl methyl sites for hydroxylation is 1. The summed E-state index contributed by atoms with van der Waals surface area (Å²) in [5, 5.41) is 0. The molecule has 1 saturated carbocycles. The number of aromatic nitrogens is 1. The summed E-state index contributed by atoms with van der Waals surface area (Å²) in [5.41, 5.74) is 2.07. The predicted octanol–water partition coefficient (Wildman–Crippen LogP) is 3.56. The molecule has 0 N–H and O–H groups in total. The molecule has 0 aliphatic heterocycles. The highest BCUT2D eigenvalue weighted by molar-refractivity contribution is 7.98. The highest BCUT2D eigenvalue weighted by Crippen LogP contribution is 2.35. The van der Waals surface area contributed by atoms with E-state index >= 15 is 0 Å². The number of thioether (sulfide) groups is 1. The van der Waals surface area contributed by atoms with Crippen molar-refractivity contribution in [3.05, 3.63) is 46.9 Å². The van der Waals surface area contributed by atoms with Crippen LogP contribution in [0.2, 0.25) is 0 Å². The summed E-state index contributed by atoms with van der Waals surface area (Å²) in [6.45, 7) is 0.789. The molecule has 21 heavy (non-hydrogen) atoms. The highest BCUT2D eigenvalue weighted by atomic mass is 32.2. The van der Waals surface area contributed by atoms with Gasteiger partial charge < -0.3 is 9.30 Å².